The largest absolute Gasteiger partial charge is 0.478 e. The van der Waals surface area contributed by atoms with Gasteiger partial charge in [0, 0.05) is 6.08 Å². The number of ether oxygens (including phenoxy) is 1. The van der Waals surface area contributed by atoms with Gasteiger partial charge < -0.3 is 9.84 Å². The van der Waals surface area contributed by atoms with Gasteiger partial charge in [-0.3, -0.25) is 0 Å². The molecule has 0 radical (unpaired) electrons. The van der Waals surface area contributed by atoms with Crippen LogP contribution in [0.25, 0.3) is 6.08 Å². The van der Waals surface area contributed by atoms with Crippen molar-refractivity contribution in [1.29, 1.82) is 0 Å². The molecule has 21 heavy (non-hydrogen) atoms. The first-order valence-electron chi connectivity index (χ1n) is 6.41. The van der Waals surface area contributed by atoms with Crippen molar-refractivity contribution in [1.82, 2.24) is 0 Å². The van der Waals surface area contributed by atoms with E-state index in [2.05, 4.69) is 0 Å². The molecule has 0 aliphatic heterocycles. The average Bonchev–Trinajstić information content (AvgIpc) is 2.43. The second-order valence-corrected chi connectivity index (χ2v) is 5.14. The highest BCUT2D eigenvalue weighted by Crippen LogP contribution is 2.32. The van der Waals surface area contributed by atoms with Gasteiger partial charge in [-0.25, -0.2) is 4.79 Å². The van der Waals surface area contributed by atoms with Crippen LogP contribution in [0.4, 0.5) is 0 Å². The van der Waals surface area contributed by atoms with Gasteiger partial charge in [-0.05, 0) is 60.9 Å². The van der Waals surface area contributed by atoms with E-state index in [0.717, 1.165) is 22.8 Å². The molecule has 0 saturated heterocycles. The lowest BCUT2D eigenvalue weighted by atomic mass is 10.1. The minimum atomic E-state index is -0.973. The van der Waals surface area contributed by atoms with Crippen LogP contribution in [0.1, 0.15) is 16.7 Å². The van der Waals surface area contributed by atoms with Gasteiger partial charge in [-0.1, -0.05) is 23.7 Å². The van der Waals surface area contributed by atoms with Crippen LogP contribution in [0.3, 0.4) is 0 Å². The summed E-state index contributed by atoms with van der Waals surface area (Å²) in [6.45, 7) is 3.87. The number of benzene rings is 2. The predicted octanol–water partition coefficient (Wildman–Crippen LogP) is 4.85. The SMILES string of the molecule is Cc1ccc(Cl)c(Oc2ccc(C=CC(=O)O)cc2C)c1. The number of rotatable bonds is 4. The Kier molecular flexibility index (Phi) is 4.66. The first-order chi connectivity index (χ1) is 9.95. The summed E-state index contributed by atoms with van der Waals surface area (Å²) in [7, 11) is 0. The normalized spacial score (nSPS) is 10.8. The zero-order valence-electron chi connectivity index (χ0n) is 11.8. The van der Waals surface area contributed by atoms with Gasteiger partial charge in [0.2, 0.25) is 0 Å². The van der Waals surface area contributed by atoms with E-state index in [1.807, 2.05) is 32.0 Å². The molecule has 0 saturated carbocycles. The Morgan fingerprint density at radius 2 is 1.90 bits per heavy atom. The van der Waals surface area contributed by atoms with Gasteiger partial charge in [-0.2, -0.15) is 0 Å². The van der Waals surface area contributed by atoms with E-state index < -0.39 is 5.97 Å². The Balaban J connectivity index is 2.25. The molecule has 3 nitrogen and oxygen atoms in total. The van der Waals surface area contributed by atoms with Crippen LogP contribution in [0, 0.1) is 13.8 Å². The average molecular weight is 303 g/mol. The fourth-order valence-corrected chi connectivity index (χ4v) is 2.02. The second kappa shape index (κ2) is 6.46. The van der Waals surface area contributed by atoms with E-state index in [4.69, 9.17) is 21.4 Å². The van der Waals surface area contributed by atoms with Gasteiger partial charge >= 0.3 is 5.97 Å². The van der Waals surface area contributed by atoms with Crippen LogP contribution >= 0.6 is 11.6 Å². The standard InChI is InChI=1S/C17H15ClO3/c1-11-3-6-14(18)16(9-11)21-15-7-4-13(10-12(15)2)5-8-17(19)20/h3-10H,1-2H3,(H,19,20). The Bertz CT molecular complexity index is 705. The molecule has 2 aromatic rings. The van der Waals surface area contributed by atoms with E-state index in [1.54, 1.807) is 24.3 Å². The molecular weight excluding hydrogens is 288 g/mol. The van der Waals surface area contributed by atoms with Crippen LogP contribution in [0.15, 0.2) is 42.5 Å². The molecule has 1 N–H and O–H groups in total. The first-order valence-corrected chi connectivity index (χ1v) is 6.79. The monoisotopic (exact) mass is 302 g/mol. The third-order valence-electron chi connectivity index (χ3n) is 2.92. The summed E-state index contributed by atoms with van der Waals surface area (Å²) in [6, 6.07) is 11.0. The van der Waals surface area contributed by atoms with E-state index in [0.29, 0.717) is 16.5 Å². The quantitative estimate of drug-likeness (QED) is 0.821. The third kappa shape index (κ3) is 4.10. The van der Waals surface area contributed by atoms with Crippen LogP contribution in [-0.2, 0) is 4.79 Å². The molecule has 0 amide bonds. The fraction of sp³-hybridized carbons (Fsp3) is 0.118. The van der Waals surface area contributed by atoms with Crippen molar-refractivity contribution < 1.29 is 14.6 Å². The maximum absolute atomic E-state index is 10.5. The Morgan fingerprint density at radius 3 is 2.57 bits per heavy atom. The summed E-state index contributed by atoms with van der Waals surface area (Å²) >= 11 is 6.11. The Hall–Kier alpha value is -2.26. The van der Waals surface area contributed by atoms with E-state index in [1.165, 1.54) is 0 Å². The summed E-state index contributed by atoms with van der Waals surface area (Å²) in [6.07, 6.45) is 2.64. The smallest absolute Gasteiger partial charge is 0.328 e. The first kappa shape index (κ1) is 15.1. The molecular formula is C17H15ClO3. The Morgan fingerprint density at radius 1 is 1.14 bits per heavy atom. The zero-order valence-corrected chi connectivity index (χ0v) is 12.5. The summed E-state index contributed by atoms with van der Waals surface area (Å²) in [5.41, 5.74) is 2.77. The lowest BCUT2D eigenvalue weighted by molar-refractivity contribution is -0.131. The number of carboxylic acids is 1. The molecule has 0 aliphatic carbocycles. The molecule has 2 aromatic carbocycles. The number of hydrogen-bond acceptors (Lipinski definition) is 2. The molecule has 0 spiro atoms. The number of hydrogen-bond donors (Lipinski definition) is 1. The maximum Gasteiger partial charge on any atom is 0.328 e. The number of halogens is 1. The fourth-order valence-electron chi connectivity index (χ4n) is 1.87. The molecule has 4 heteroatoms. The van der Waals surface area contributed by atoms with E-state index >= 15 is 0 Å². The van der Waals surface area contributed by atoms with Gasteiger partial charge in [0.05, 0.1) is 5.02 Å². The van der Waals surface area contributed by atoms with Crippen molar-refractivity contribution in [2.45, 2.75) is 13.8 Å². The van der Waals surface area contributed by atoms with Crippen molar-refractivity contribution in [3.63, 3.8) is 0 Å². The van der Waals surface area contributed by atoms with E-state index in [9.17, 15) is 4.79 Å². The molecule has 2 rings (SSSR count). The van der Waals surface area contributed by atoms with Gasteiger partial charge in [0.15, 0.2) is 0 Å². The molecule has 0 unspecified atom stereocenters. The molecule has 0 fully saturated rings. The summed E-state index contributed by atoms with van der Waals surface area (Å²) in [4.78, 5) is 10.5. The number of aliphatic carboxylic acids is 1. The highest BCUT2D eigenvalue weighted by molar-refractivity contribution is 6.32. The summed E-state index contributed by atoms with van der Waals surface area (Å²) in [5, 5.41) is 9.17. The summed E-state index contributed by atoms with van der Waals surface area (Å²) in [5.74, 6) is 0.322. The van der Waals surface area contributed by atoms with Crippen molar-refractivity contribution in [3.05, 3.63) is 64.2 Å². The van der Waals surface area contributed by atoms with Gasteiger partial charge in [0.25, 0.3) is 0 Å². The number of aryl methyl sites for hydroxylation is 2. The number of carboxylic acid groups (broad SMARTS) is 1. The predicted molar refractivity (Wildman–Crippen MR) is 84.1 cm³/mol. The third-order valence-corrected chi connectivity index (χ3v) is 3.24. The van der Waals surface area contributed by atoms with Crippen LogP contribution in [-0.4, -0.2) is 11.1 Å². The number of carbonyl (C=O) groups is 1. The van der Waals surface area contributed by atoms with Gasteiger partial charge in [-0.15, -0.1) is 0 Å². The summed E-state index contributed by atoms with van der Waals surface area (Å²) < 4.78 is 5.83. The molecule has 0 atom stereocenters. The maximum atomic E-state index is 10.5. The highest BCUT2D eigenvalue weighted by Gasteiger charge is 2.06. The van der Waals surface area contributed by atoms with Crippen molar-refractivity contribution in [3.8, 4) is 11.5 Å². The van der Waals surface area contributed by atoms with Crippen LogP contribution in [0.5, 0.6) is 11.5 Å². The Labute approximate surface area is 128 Å². The van der Waals surface area contributed by atoms with Crippen molar-refractivity contribution in [2.24, 2.45) is 0 Å². The van der Waals surface area contributed by atoms with Crippen LogP contribution < -0.4 is 4.74 Å². The molecule has 0 heterocycles. The zero-order chi connectivity index (χ0) is 15.4. The molecule has 0 bridgehead atoms. The minimum absolute atomic E-state index is 0.551. The highest BCUT2D eigenvalue weighted by atomic mass is 35.5. The van der Waals surface area contributed by atoms with Crippen molar-refractivity contribution in [2.75, 3.05) is 0 Å². The topological polar surface area (TPSA) is 46.5 Å². The minimum Gasteiger partial charge on any atom is -0.478 e. The molecule has 108 valence electrons. The molecule has 0 aliphatic rings. The lowest BCUT2D eigenvalue weighted by Gasteiger charge is -2.11. The molecule has 0 aromatic heterocycles. The van der Waals surface area contributed by atoms with Crippen molar-refractivity contribution >= 4 is 23.6 Å². The van der Waals surface area contributed by atoms with Gasteiger partial charge in [0.1, 0.15) is 11.5 Å². The second-order valence-electron chi connectivity index (χ2n) is 4.73. The van der Waals surface area contributed by atoms with Crippen LogP contribution in [0.2, 0.25) is 5.02 Å². The lowest BCUT2D eigenvalue weighted by Crippen LogP contribution is -1.90. The van der Waals surface area contributed by atoms with E-state index in [-0.39, 0.29) is 0 Å².